The Morgan fingerprint density at radius 1 is 1.55 bits per heavy atom. The summed E-state index contributed by atoms with van der Waals surface area (Å²) in [5.74, 6) is 3.23. The fourth-order valence-corrected chi connectivity index (χ4v) is 0.725. The molecule has 0 rings (SSSR count). The predicted molar refractivity (Wildman–Crippen MR) is 31.5 cm³/mol. The fourth-order valence-electron chi connectivity index (χ4n) is 0.290. The van der Waals surface area contributed by atoms with E-state index in [9.17, 15) is 17.8 Å². The molecule has 3 N–H and O–H groups in total. The maximum atomic E-state index is 10.2. The zero-order valence-corrected chi connectivity index (χ0v) is 8.85. The number of nitrogens with one attached hydrogen (secondary N) is 1. The molecule has 0 bridgehead atoms. The van der Waals surface area contributed by atoms with Gasteiger partial charge in [0.15, 0.2) is 0 Å². The molecule has 0 aromatic rings. The van der Waals surface area contributed by atoms with Crippen molar-refractivity contribution < 1.29 is 47.3 Å². The van der Waals surface area contributed by atoms with Crippen molar-refractivity contribution in [1.82, 2.24) is 5.43 Å². The summed E-state index contributed by atoms with van der Waals surface area (Å²) < 4.78 is 29.6. The summed E-state index contributed by atoms with van der Waals surface area (Å²) >= 11 is 0. The van der Waals surface area contributed by atoms with Crippen LogP contribution in [0.5, 0.6) is 0 Å². The van der Waals surface area contributed by atoms with Crippen molar-refractivity contribution in [2.75, 3.05) is 5.75 Å². The third-order valence-electron chi connectivity index (χ3n) is 0.740. The van der Waals surface area contributed by atoms with Gasteiger partial charge in [0.2, 0.25) is 5.91 Å². The molecule has 0 aliphatic rings. The normalized spacial score (nSPS) is 10.0. The first kappa shape index (κ1) is 13.9. The zero-order valence-electron chi connectivity index (χ0n) is 6.03. The van der Waals surface area contributed by atoms with Gasteiger partial charge < -0.3 is 4.55 Å². The third-order valence-corrected chi connectivity index (χ3v) is 1.44. The van der Waals surface area contributed by atoms with E-state index < -0.39 is 21.8 Å². The van der Waals surface area contributed by atoms with Crippen LogP contribution in [0.1, 0.15) is 6.42 Å². The van der Waals surface area contributed by atoms with Crippen molar-refractivity contribution in [3.05, 3.63) is 0 Å². The van der Waals surface area contributed by atoms with Crippen molar-refractivity contribution in [3.63, 3.8) is 0 Å². The van der Waals surface area contributed by atoms with Crippen molar-refractivity contribution in [3.8, 4) is 0 Å². The summed E-state index contributed by atoms with van der Waals surface area (Å²) in [4.78, 5) is 10.2. The smallest absolute Gasteiger partial charge is 0.748 e. The average molecular weight is 190 g/mol. The molecule has 0 aromatic carbocycles. The molecule has 0 radical (unpaired) electrons. The topological polar surface area (TPSA) is 112 Å². The van der Waals surface area contributed by atoms with Gasteiger partial charge in [0, 0.05) is 12.2 Å². The standard InChI is InChI=1S/C3H8N2O4S.Na/c4-5-3(6)1-2-10(7,8)9;/h1-2,4H2,(H,5,6)(H,7,8,9);/q;+1/p-1. The van der Waals surface area contributed by atoms with Crippen LogP contribution in [0.15, 0.2) is 0 Å². The van der Waals surface area contributed by atoms with E-state index in [1.807, 2.05) is 0 Å². The molecule has 0 unspecified atom stereocenters. The Kier molecular flexibility index (Phi) is 7.48. The SMILES string of the molecule is NNC(=O)CCS(=O)(=O)[O-].[Na+]. The van der Waals surface area contributed by atoms with Gasteiger partial charge in [-0.1, -0.05) is 0 Å². The van der Waals surface area contributed by atoms with Gasteiger partial charge >= 0.3 is 29.6 Å². The van der Waals surface area contributed by atoms with Crippen LogP contribution < -0.4 is 40.8 Å². The number of hydrogen-bond donors (Lipinski definition) is 2. The van der Waals surface area contributed by atoms with Crippen LogP contribution in [0.3, 0.4) is 0 Å². The summed E-state index contributed by atoms with van der Waals surface area (Å²) in [6, 6.07) is 0. The van der Waals surface area contributed by atoms with Crippen LogP contribution in [-0.2, 0) is 14.9 Å². The van der Waals surface area contributed by atoms with E-state index in [1.54, 1.807) is 5.43 Å². The van der Waals surface area contributed by atoms with Gasteiger partial charge in [-0.05, 0) is 0 Å². The third kappa shape index (κ3) is 10.3. The molecule has 0 aliphatic carbocycles. The minimum absolute atomic E-state index is 0. The van der Waals surface area contributed by atoms with Gasteiger partial charge in [-0.25, -0.2) is 14.3 Å². The number of amides is 1. The Balaban J connectivity index is 0. The Labute approximate surface area is 86.5 Å². The summed E-state index contributed by atoms with van der Waals surface area (Å²) in [6.07, 6.45) is -0.387. The van der Waals surface area contributed by atoms with Gasteiger partial charge in [0.05, 0.1) is 10.1 Å². The molecule has 0 saturated carbocycles. The van der Waals surface area contributed by atoms with Crippen molar-refractivity contribution in [2.24, 2.45) is 5.84 Å². The second kappa shape index (κ2) is 5.92. The minimum Gasteiger partial charge on any atom is -0.748 e. The maximum Gasteiger partial charge on any atom is 1.00 e. The van der Waals surface area contributed by atoms with E-state index >= 15 is 0 Å². The molecule has 60 valence electrons. The first-order chi connectivity index (χ1) is 4.45. The number of rotatable bonds is 3. The van der Waals surface area contributed by atoms with E-state index in [0.29, 0.717) is 0 Å². The molecule has 0 saturated heterocycles. The minimum atomic E-state index is -4.30. The zero-order chi connectivity index (χ0) is 8.20. The molecular weight excluding hydrogens is 183 g/mol. The van der Waals surface area contributed by atoms with Crippen LogP contribution in [0.25, 0.3) is 0 Å². The number of carbonyl (C=O) groups is 1. The Hall–Kier alpha value is 0.340. The summed E-state index contributed by atoms with van der Waals surface area (Å²) in [6.45, 7) is 0. The fraction of sp³-hybridized carbons (Fsp3) is 0.667. The van der Waals surface area contributed by atoms with Crippen LogP contribution in [-0.4, -0.2) is 24.6 Å². The van der Waals surface area contributed by atoms with E-state index in [1.165, 1.54) is 0 Å². The first-order valence-corrected chi connectivity index (χ1v) is 3.96. The van der Waals surface area contributed by atoms with Crippen molar-refractivity contribution >= 4 is 16.0 Å². The maximum absolute atomic E-state index is 10.2. The molecule has 0 aromatic heterocycles. The number of nitrogens with two attached hydrogens (primary N) is 1. The van der Waals surface area contributed by atoms with Gasteiger partial charge in [-0.2, -0.15) is 0 Å². The predicted octanol–water partition coefficient (Wildman–Crippen LogP) is -5.08. The summed E-state index contributed by atoms with van der Waals surface area (Å²) in [5, 5.41) is 0. The summed E-state index contributed by atoms with van der Waals surface area (Å²) in [5.41, 5.74) is 1.70. The average Bonchev–Trinajstić information content (AvgIpc) is 1.81. The second-order valence-corrected chi connectivity index (χ2v) is 3.10. The molecule has 0 atom stereocenters. The summed E-state index contributed by atoms with van der Waals surface area (Å²) in [7, 11) is -4.30. The Morgan fingerprint density at radius 3 is 2.27 bits per heavy atom. The quantitative estimate of drug-likeness (QED) is 0.152. The molecular formula is C3H7N2NaO4S. The Morgan fingerprint density at radius 2 is 2.00 bits per heavy atom. The number of hydrogen-bond acceptors (Lipinski definition) is 5. The van der Waals surface area contributed by atoms with Gasteiger partial charge in [-0.15, -0.1) is 0 Å². The largest absolute Gasteiger partial charge is 1.00 e. The van der Waals surface area contributed by atoms with E-state index in [2.05, 4.69) is 5.84 Å². The first-order valence-electron chi connectivity index (χ1n) is 2.39. The molecule has 0 heterocycles. The van der Waals surface area contributed by atoms with Crippen LogP contribution in [0, 0.1) is 0 Å². The van der Waals surface area contributed by atoms with Crippen molar-refractivity contribution in [2.45, 2.75) is 6.42 Å². The van der Waals surface area contributed by atoms with E-state index in [0.717, 1.165) is 0 Å². The molecule has 0 spiro atoms. The number of hydrazine groups is 1. The Bertz CT molecular complexity index is 213. The van der Waals surface area contributed by atoms with Crippen LogP contribution in [0.4, 0.5) is 0 Å². The molecule has 0 fully saturated rings. The molecule has 6 nitrogen and oxygen atoms in total. The molecule has 0 aliphatic heterocycles. The molecule has 1 amide bonds. The molecule has 8 heteroatoms. The second-order valence-electron chi connectivity index (χ2n) is 1.58. The van der Waals surface area contributed by atoms with E-state index in [4.69, 9.17) is 0 Å². The molecule has 11 heavy (non-hydrogen) atoms. The van der Waals surface area contributed by atoms with Crippen molar-refractivity contribution in [1.29, 1.82) is 0 Å². The van der Waals surface area contributed by atoms with Crippen LogP contribution >= 0.6 is 0 Å². The van der Waals surface area contributed by atoms with Gasteiger partial charge in [0.1, 0.15) is 0 Å². The van der Waals surface area contributed by atoms with Gasteiger partial charge in [-0.3, -0.25) is 10.2 Å². The monoisotopic (exact) mass is 190 g/mol. The van der Waals surface area contributed by atoms with Crippen LogP contribution in [0.2, 0.25) is 0 Å². The number of carbonyl (C=O) groups excluding carboxylic acids is 1. The van der Waals surface area contributed by atoms with Gasteiger partial charge in [0.25, 0.3) is 0 Å². The van der Waals surface area contributed by atoms with E-state index in [-0.39, 0.29) is 36.0 Å².